The number of methoxy groups -OCH3 is 1. The molecule has 168 valence electrons. The number of nitrogens with zero attached hydrogens (tertiary/aromatic N) is 1. The van der Waals surface area contributed by atoms with Crippen molar-refractivity contribution >= 4 is 17.7 Å². The number of cyclic esters (lactones) is 1. The van der Waals surface area contributed by atoms with Crippen molar-refractivity contribution in [1.29, 1.82) is 0 Å². The number of hydrogen-bond donors (Lipinski definition) is 1. The van der Waals surface area contributed by atoms with Gasteiger partial charge in [0.15, 0.2) is 5.76 Å². The molecule has 8 nitrogen and oxygen atoms in total. The monoisotopic (exact) mass is 431 g/mol. The number of ketones is 1. The molecule has 6 atom stereocenters. The van der Waals surface area contributed by atoms with Crippen LogP contribution in [-0.4, -0.2) is 70.8 Å². The van der Waals surface area contributed by atoms with Crippen LogP contribution in [-0.2, 0) is 28.6 Å². The molecule has 3 fully saturated rings. The van der Waals surface area contributed by atoms with Crippen LogP contribution in [0.3, 0.4) is 0 Å². The first kappa shape index (κ1) is 20.7. The molecule has 4 aliphatic heterocycles. The molecule has 0 aromatic carbocycles. The molecule has 2 spiro atoms. The first-order valence-corrected chi connectivity index (χ1v) is 11.1. The van der Waals surface area contributed by atoms with Crippen molar-refractivity contribution in [3.8, 4) is 0 Å². The van der Waals surface area contributed by atoms with Crippen molar-refractivity contribution in [2.45, 2.75) is 82.3 Å². The zero-order chi connectivity index (χ0) is 22.3. The number of carbonyl (C=O) groups excluding carboxylic acids is 3. The predicted octanol–water partition coefficient (Wildman–Crippen LogP) is 1.41. The largest absolute Gasteiger partial charge is 0.496 e. The number of carbonyl (C=O) groups is 3. The Kier molecular flexibility index (Phi) is 4.44. The van der Waals surface area contributed by atoms with Crippen molar-refractivity contribution in [2.24, 2.45) is 5.92 Å². The smallest absolute Gasteiger partial charge is 0.338 e. The van der Waals surface area contributed by atoms with Crippen molar-refractivity contribution < 1.29 is 33.7 Å². The maximum absolute atomic E-state index is 13.8. The van der Waals surface area contributed by atoms with Crippen molar-refractivity contribution in [2.75, 3.05) is 13.7 Å². The Morgan fingerprint density at radius 1 is 1.16 bits per heavy atom. The summed E-state index contributed by atoms with van der Waals surface area (Å²) in [6, 6.07) is -0.123. The topological polar surface area (TPSA) is 102 Å². The fourth-order valence-corrected chi connectivity index (χ4v) is 6.88. The summed E-state index contributed by atoms with van der Waals surface area (Å²) in [5.41, 5.74) is -1.33. The summed E-state index contributed by atoms with van der Waals surface area (Å²) in [4.78, 5) is 40.9. The summed E-state index contributed by atoms with van der Waals surface area (Å²) in [7, 11) is 1.45. The lowest BCUT2D eigenvalue weighted by atomic mass is 9.73. The van der Waals surface area contributed by atoms with Gasteiger partial charge in [-0.1, -0.05) is 6.92 Å². The molecule has 0 amide bonds. The van der Waals surface area contributed by atoms with Gasteiger partial charge in [-0.3, -0.25) is 14.5 Å². The van der Waals surface area contributed by atoms with E-state index in [9.17, 15) is 19.5 Å². The average Bonchev–Trinajstić information content (AvgIpc) is 3.36. The number of Topliss-reactive ketones (excluding diaryl/α,β-unsaturated/α-hetero) is 1. The predicted molar refractivity (Wildman–Crippen MR) is 108 cm³/mol. The van der Waals surface area contributed by atoms with Gasteiger partial charge in [-0.05, 0) is 58.1 Å². The van der Waals surface area contributed by atoms with E-state index in [2.05, 4.69) is 4.90 Å². The molecule has 0 saturated carbocycles. The Bertz CT molecular complexity index is 952. The Hall–Kier alpha value is -2.19. The van der Waals surface area contributed by atoms with Crippen LogP contribution in [0.1, 0.15) is 52.9 Å². The van der Waals surface area contributed by atoms with Gasteiger partial charge in [0.25, 0.3) is 5.60 Å². The van der Waals surface area contributed by atoms with Crippen molar-refractivity contribution in [3.05, 3.63) is 22.5 Å². The minimum absolute atomic E-state index is 0.123. The molecule has 5 aliphatic rings. The highest BCUT2D eigenvalue weighted by Crippen LogP contribution is 2.62. The van der Waals surface area contributed by atoms with Gasteiger partial charge in [0, 0.05) is 11.6 Å². The number of ether oxygens (including phenoxy) is 3. The third-order valence-electron chi connectivity index (χ3n) is 8.10. The Morgan fingerprint density at radius 2 is 1.90 bits per heavy atom. The summed E-state index contributed by atoms with van der Waals surface area (Å²) in [5, 5.41) is 11.1. The van der Waals surface area contributed by atoms with Crippen LogP contribution < -0.4 is 0 Å². The second-order valence-electron chi connectivity index (χ2n) is 9.53. The SMILES string of the molecule is COC1=C(C)C(=O)OC12C(=O)C(C)=C1C(O)CCCN3C(C4CC(C)C(=O)O4)CCC132. The molecule has 31 heavy (non-hydrogen) atoms. The fraction of sp³-hybridized carbons (Fsp3) is 0.696. The second-order valence-corrected chi connectivity index (χ2v) is 9.53. The normalized spacial score (nSPS) is 42.8. The van der Waals surface area contributed by atoms with Gasteiger partial charge in [0.05, 0.1) is 24.7 Å². The zero-order valence-corrected chi connectivity index (χ0v) is 18.4. The highest BCUT2D eigenvalue weighted by Gasteiger charge is 2.77. The molecule has 3 saturated heterocycles. The van der Waals surface area contributed by atoms with Gasteiger partial charge in [0.2, 0.25) is 5.78 Å². The van der Waals surface area contributed by atoms with E-state index in [1.165, 1.54) is 7.11 Å². The number of rotatable bonds is 2. The number of aliphatic hydroxyl groups excluding tert-OH is 1. The summed E-state index contributed by atoms with van der Waals surface area (Å²) in [6.07, 6.45) is 1.91. The third-order valence-corrected chi connectivity index (χ3v) is 8.10. The molecule has 1 aliphatic carbocycles. The molecule has 5 rings (SSSR count). The van der Waals surface area contributed by atoms with Crippen LogP contribution in [0.4, 0.5) is 0 Å². The van der Waals surface area contributed by atoms with Gasteiger partial charge in [0.1, 0.15) is 11.6 Å². The van der Waals surface area contributed by atoms with E-state index in [-0.39, 0.29) is 41.1 Å². The Labute approximate surface area is 181 Å². The van der Waals surface area contributed by atoms with Crippen LogP contribution >= 0.6 is 0 Å². The maximum Gasteiger partial charge on any atom is 0.338 e. The molecule has 0 aromatic heterocycles. The lowest BCUT2D eigenvalue weighted by molar-refractivity contribution is -0.169. The van der Waals surface area contributed by atoms with Crippen LogP contribution in [0.5, 0.6) is 0 Å². The highest BCUT2D eigenvalue weighted by molar-refractivity contribution is 6.14. The van der Waals surface area contributed by atoms with E-state index >= 15 is 0 Å². The van der Waals surface area contributed by atoms with E-state index in [0.717, 1.165) is 6.42 Å². The minimum atomic E-state index is -1.64. The van der Waals surface area contributed by atoms with Gasteiger partial charge >= 0.3 is 11.9 Å². The first-order valence-electron chi connectivity index (χ1n) is 11.1. The van der Waals surface area contributed by atoms with E-state index in [1.54, 1.807) is 13.8 Å². The molecule has 0 radical (unpaired) electrons. The zero-order valence-electron chi connectivity index (χ0n) is 18.4. The van der Waals surface area contributed by atoms with Crippen LogP contribution in [0.2, 0.25) is 0 Å². The van der Waals surface area contributed by atoms with Crippen LogP contribution in [0.25, 0.3) is 0 Å². The van der Waals surface area contributed by atoms with Crippen molar-refractivity contribution in [3.63, 3.8) is 0 Å². The molecule has 4 heterocycles. The van der Waals surface area contributed by atoms with Crippen LogP contribution in [0.15, 0.2) is 22.5 Å². The highest BCUT2D eigenvalue weighted by atomic mass is 16.6. The minimum Gasteiger partial charge on any atom is -0.496 e. The first-order chi connectivity index (χ1) is 14.7. The van der Waals surface area contributed by atoms with E-state index in [4.69, 9.17) is 14.2 Å². The third kappa shape index (κ3) is 2.30. The van der Waals surface area contributed by atoms with Crippen LogP contribution in [0, 0.1) is 5.92 Å². The number of aliphatic hydroxyl groups is 1. The van der Waals surface area contributed by atoms with Gasteiger partial charge < -0.3 is 19.3 Å². The fourth-order valence-electron chi connectivity index (χ4n) is 6.88. The Morgan fingerprint density at radius 3 is 2.55 bits per heavy atom. The van der Waals surface area contributed by atoms with Gasteiger partial charge in [-0.15, -0.1) is 0 Å². The lowest BCUT2D eigenvalue weighted by Crippen LogP contribution is -2.66. The quantitative estimate of drug-likeness (QED) is 0.655. The van der Waals surface area contributed by atoms with E-state index < -0.39 is 23.2 Å². The average molecular weight is 431 g/mol. The second kappa shape index (κ2) is 6.65. The molecule has 1 N–H and O–H groups in total. The maximum atomic E-state index is 13.8. The molecule has 8 heteroatoms. The van der Waals surface area contributed by atoms with Crippen molar-refractivity contribution in [1.82, 2.24) is 4.90 Å². The summed E-state index contributed by atoms with van der Waals surface area (Å²) < 4.78 is 17.3. The standard InChI is InChI=1S/C23H29NO7/c1-11-10-16(30-20(11)27)14-7-8-22-17(15(25)6-5-9-24(14)22)12(2)18(26)23(22)19(29-4)13(3)21(28)31-23/h11,14-16,25H,5-10H2,1-4H3. The number of esters is 2. The molecule has 6 unspecified atom stereocenters. The number of hydrogen-bond acceptors (Lipinski definition) is 8. The lowest BCUT2D eigenvalue weighted by Gasteiger charge is -2.48. The molecular formula is C23H29NO7. The van der Waals surface area contributed by atoms with E-state index in [1.807, 2.05) is 6.92 Å². The molecular weight excluding hydrogens is 402 g/mol. The molecule has 0 aromatic rings. The summed E-state index contributed by atoms with van der Waals surface area (Å²) in [6.45, 7) is 5.78. The van der Waals surface area contributed by atoms with Gasteiger partial charge in [-0.2, -0.15) is 0 Å². The molecule has 0 bridgehead atoms. The van der Waals surface area contributed by atoms with Gasteiger partial charge in [-0.25, -0.2) is 4.79 Å². The summed E-state index contributed by atoms with van der Waals surface area (Å²) in [5.74, 6) is -1.04. The van der Waals surface area contributed by atoms with E-state index in [0.29, 0.717) is 43.4 Å². The Balaban J connectivity index is 1.71. The summed E-state index contributed by atoms with van der Waals surface area (Å²) >= 11 is 0.